The Balaban J connectivity index is 1.91. The third-order valence-electron chi connectivity index (χ3n) is 3.46. The maximum Gasteiger partial charge on any atom is 0.167 e. The van der Waals surface area contributed by atoms with E-state index in [0.717, 1.165) is 24.2 Å². The molecule has 3 rings (SSSR count). The van der Waals surface area contributed by atoms with E-state index < -0.39 is 5.82 Å². The average Bonchev–Trinajstić information content (AvgIpc) is 3.28. The predicted molar refractivity (Wildman–Crippen MR) is 80.0 cm³/mol. The largest absolute Gasteiger partial charge is 0.494 e. The molecule has 0 saturated heterocycles. The van der Waals surface area contributed by atoms with E-state index in [9.17, 15) is 4.39 Å². The molecule has 0 bridgehead atoms. The normalized spacial score (nSPS) is 14.1. The van der Waals surface area contributed by atoms with Gasteiger partial charge in [0.2, 0.25) is 0 Å². The summed E-state index contributed by atoms with van der Waals surface area (Å²) in [6, 6.07) is 4.66. The highest BCUT2D eigenvalue weighted by Crippen LogP contribution is 2.39. The molecule has 4 nitrogen and oxygen atoms in total. The van der Waals surface area contributed by atoms with Gasteiger partial charge >= 0.3 is 0 Å². The van der Waals surface area contributed by atoms with E-state index in [1.54, 1.807) is 12.1 Å². The van der Waals surface area contributed by atoms with E-state index in [4.69, 9.17) is 16.3 Å². The minimum atomic E-state index is -0.428. The van der Waals surface area contributed by atoms with Crippen molar-refractivity contribution in [2.24, 2.45) is 0 Å². The van der Waals surface area contributed by atoms with Crippen molar-refractivity contribution in [1.82, 2.24) is 9.97 Å². The molecule has 6 heteroatoms. The lowest BCUT2D eigenvalue weighted by atomic mass is 10.2. The molecule has 1 aromatic carbocycles. The van der Waals surface area contributed by atoms with E-state index in [-0.39, 0.29) is 5.75 Å². The summed E-state index contributed by atoms with van der Waals surface area (Å²) in [5.41, 5.74) is 1.34. The molecule has 21 heavy (non-hydrogen) atoms. The minimum absolute atomic E-state index is 0.205. The van der Waals surface area contributed by atoms with Gasteiger partial charge in [-0.25, -0.2) is 14.4 Å². The lowest BCUT2D eigenvalue weighted by molar-refractivity contribution is 0.386. The molecule has 1 saturated carbocycles. The molecule has 1 N–H and O–H groups in total. The fourth-order valence-corrected chi connectivity index (χ4v) is 2.21. The van der Waals surface area contributed by atoms with Gasteiger partial charge in [0.05, 0.1) is 7.11 Å². The molecule has 0 unspecified atom stereocenters. The number of methoxy groups -OCH3 is 1. The highest BCUT2D eigenvalue weighted by atomic mass is 35.5. The van der Waals surface area contributed by atoms with Gasteiger partial charge in [-0.2, -0.15) is 0 Å². The average molecular weight is 308 g/mol. The second-order valence-electron chi connectivity index (χ2n) is 5.09. The van der Waals surface area contributed by atoms with Gasteiger partial charge in [-0.15, -0.1) is 0 Å². The molecule has 1 fully saturated rings. The Kier molecular flexibility index (Phi) is 3.68. The molecule has 0 aliphatic heterocycles. The van der Waals surface area contributed by atoms with Crippen LogP contribution in [0.15, 0.2) is 18.2 Å². The van der Waals surface area contributed by atoms with Gasteiger partial charge in [0, 0.05) is 23.2 Å². The van der Waals surface area contributed by atoms with Crippen molar-refractivity contribution >= 4 is 23.1 Å². The number of aromatic nitrogens is 2. The number of nitrogens with zero attached hydrogens (tertiary/aromatic N) is 2. The van der Waals surface area contributed by atoms with Gasteiger partial charge in [-0.1, -0.05) is 11.6 Å². The van der Waals surface area contributed by atoms with Crippen molar-refractivity contribution in [3.05, 3.63) is 40.6 Å². The number of halogens is 2. The van der Waals surface area contributed by atoms with Gasteiger partial charge < -0.3 is 10.1 Å². The highest BCUT2D eigenvalue weighted by Gasteiger charge is 2.28. The van der Waals surface area contributed by atoms with E-state index in [0.29, 0.717) is 22.6 Å². The van der Waals surface area contributed by atoms with Crippen molar-refractivity contribution < 1.29 is 9.13 Å². The molecule has 1 aromatic heterocycles. The molecular formula is C15H15ClFN3O. The van der Waals surface area contributed by atoms with Crippen LogP contribution < -0.4 is 10.1 Å². The summed E-state index contributed by atoms with van der Waals surface area (Å²) in [6.45, 7) is 1.83. The van der Waals surface area contributed by atoms with Crippen LogP contribution in [0.5, 0.6) is 5.75 Å². The van der Waals surface area contributed by atoms with Crippen LogP contribution in [0.4, 0.5) is 15.9 Å². The first-order chi connectivity index (χ1) is 10.1. The predicted octanol–water partition coefficient (Wildman–Crippen LogP) is 4.21. The topological polar surface area (TPSA) is 47.0 Å². The number of benzene rings is 1. The van der Waals surface area contributed by atoms with Crippen molar-refractivity contribution in [2.45, 2.75) is 25.7 Å². The number of rotatable bonds is 4. The van der Waals surface area contributed by atoms with Gasteiger partial charge in [-0.3, -0.25) is 0 Å². The smallest absolute Gasteiger partial charge is 0.167 e. The summed E-state index contributed by atoms with van der Waals surface area (Å²) in [5, 5.41) is 3.53. The van der Waals surface area contributed by atoms with E-state index >= 15 is 0 Å². The number of ether oxygens (including phenoxy) is 1. The van der Waals surface area contributed by atoms with E-state index in [2.05, 4.69) is 15.3 Å². The minimum Gasteiger partial charge on any atom is -0.494 e. The lowest BCUT2D eigenvalue weighted by Crippen LogP contribution is -2.03. The highest BCUT2D eigenvalue weighted by molar-refractivity contribution is 6.30. The van der Waals surface area contributed by atoms with Crippen molar-refractivity contribution in [1.29, 1.82) is 0 Å². The van der Waals surface area contributed by atoms with Crippen molar-refractivity contribution in [2.75, 3.05) is 12.4 Å². The van der Waals surface area contributed by atoms with Gasteiger partial charge in [0.15, 0.2) is 11.6 Å². The monoisotopic (exact) mass is 307 g/mol. The first-order valence-corrected chi connectivity index (χ1v) is 7.11. The molecule has 110 valence electrons. The first kappa shape index (κ1) is 14.1. The Morgan fingerprint density at radius 2 is 2.10 bits per heavy atom. The van der Waals surface area contributed by atoms with E-state index in [1.807, 2.05) is 6.92 Å². The summed E-state index contributed by atoms with van der Waals surface area (Å²) in [4.78, 5) is 8.80. The molecule has 1 aliphatic rings. The summed E-state index contributed by atoms with van der Waals surface area (Å²) in [5.74, 6) is 1.54. The number of anilines is 2. The van der Waals surface area contributed by atoms with Crippen LogP contribution in [0.3, 0.4) is 0 Å². The third-order valence-corrected chi connectivity index (χ3v) is 3.83. The summed E-state index contributed by atoms with van der Waals surface area (Å²) in [7, 11) is 1.43. The van der Waals surface area contributed by atoms with Gasteiger partial charge in [-0.05, 0) is 31.9 Å². The number of hydrogen-bond acceptors (Lipinski definition) is 4. The Morgan fingerprint density at radius 1 is 1.33 bits per heavy atom. The standard InChI is InChI=1S/C15H15ClFN3O/c1-8-13(16)19-15(9-3-4-9)20-14(8)18-10-5-6-12(21-2)11(17)7-10/h5-7,9H,3-4H2,1-2H3,(H,18,19,20). The molecule has 0 radical (unpaired) electrons. The summed E-state index contributed by atoms with van der Waals surface area (Å²) < 4.78 is 18.6. The first-order valence-electron chi connectivity index (χ1n) is 6.73. The van der Waals surface area contributed by atoms with Crippen LogP contribution in [0.25, 0.3) is 0 Å². The zero-order chi connectivity index (χ0) is 15.0. The molecule has 0 amide bonds. The quantitative estimate of drug-likeness (QED) is 0.860. The van der Waals surface area contributed by atoms with Gasteiger partial charge in [0.25, 0.3) is 0 Å². The molecule has 0 spiro atoms. The van der Waals surface area contributed by atoms with Crippen LogP contribution in [0.1, 0.15) is 30.1 Å². The van der Waals surface area contributed by atoms with Crippen molar-refractivity contribution in [3.63, 3.8) is 0 Å². The maximum absolute atomic E-state index is 13.7. The van der Waals surface area contributed by atoms with Crippen LogP contribution in [0.2, 0.25) is 5.15 Å². The van der Waals surface area contributed by atoms with Crippen LogP contribution in [-0.4, -0.2) is 17.1 Å². The second-order valence-corrected chi connectivity index (χ2v) is 5.45. The second kappa shape index (κ2) is 5.48. The molecule has 1 aliphatic carbocycles. The lowest BCUT2D eigenvalue weighted by Gasteiger charge is -2.12. The van der Waals surface area contributed by atoms with Crippen molar-refractivity contribution in [3.8, 4) is 5.75 Å². The van der Waals surface area contributed by atoms with Crippen LogP contribution >= 0.6 is 11.6 Å². The fourth-order valence-electron chi connectivity index (χ4n) is 2.03. The molecule has 2 aromatic rings. The Hall–Kier alpha value is -1.88. The van der Waals surface area contributed by atoms with E-state index in [1.165, 1.54) is 13.2 Å². The summed E-state index contributed by atoms with van der Waals surface area (Å²) in [6.07, 6.45) is 2.19. The Labute approximate surface area is 127 Å². The zero-order valence-electron chi connectivity index (χ0n) is 11.8. The number of nitrogens with one attached hydrogen (secondary N) is 1. The van der Waals surface area contributed by atoms with Crippen LogP contribution in [0, 0.1) is 12.7 Å². The third kappa shape index (κ3) is 2.93. The van der Waals surface area contributed by atoms with Crippen LogP contribution in [-0.2, 0) is 0 Å². The fraction of sp³-hybridized carbons (Fsp3) is 0.333. The Bertz CT molecular complexity index is 689. The Morgan fingerprint density at radius 3 is 2.71 bits per heavy atom. The van der Waals surface area contributed by atoms with Gasteiger partial charge in [0.1, 0.15) is 16.8 Å². The number of hydrogen-bond donors (Lipinski definition) is 1. The zero-order valence-corrected chi connectivity index (χ0v) is 12.5. The molecule has 0 atom stereocenters. The maximum atomic E-state index is 13.7. The summed E-state index contributed by atoms with van der Waals surface area (Å²) >= 11 is 6.15. The molecular weight excluding hydrogens is 293 g/mol. The SMILES string of the molecule is COc1ccc(Nc2nc(C3CC3)nc(Cl)c2C)cc1F. The molecule has 1 heterocycles.